The van der Waals surface area contributed by atoms with E-state index < -0.39 is 0 Å². The van der Waals surface area contributed by atoms with E-state index >= 15 is 0 Å². The van der Waals surface area contributed by atoms with Crippen molar-refractivity contribution in [1.29, 1.82) is 0 Å². The van der Waals surface area contributed by atoms with Crippen molar-refractivity contribution in [3.8, 4) is 0 Å². The Bertz CT molecular complexity index is 144. The van der Waals surface area contributed by atoms with Gasteiger partial charge in [-0.3, -0.25) is 4.79 Å². The molecule has 3 atom stereocenters. The van der Waals surface area contributed by atoms with Gasteiger partial charge in [0.05, 0.1) is 5.92 Å². The fraction of sp³-hybridized carbons (Fsp3) is 0.857. The average molecular weight is 144 g/mol. The fourth-order valence-electron chi connectivity index (χ4n) is 1.29. The number of ether oxygens (including phenoxy) is 2. The van der Waals surface area contributed by atoms with Gasteiger partial charge in [-0.05, 0) is 13.8 Å². The van der Waals surface area contributed by atoms with Crippen molar-refractivity contribution in [2.24, 2.45) is 5.92 Å². The Balaban J connectivity index is 2.64. The van der Waals surface area contributed by atoms with E-state index in [1.807, 2.05) is 13.8 Å². The lowest BCUT2D eigenvalue weighted by atomic mass is 10.1. The van der Waals surface area contributed by atoms with Gasteiger partial charge in [0.2, 0.25) is 0 Å². The summed E-state index contributed by atoms with van der Waals surface area (Å²) in [5.74, 6) is -0.264. The van der Waals surface area contributed by atoms with Crippen molar-refractivity contribution in [2.75, 3.05) is 7.11 Å². The Morgan fingerprint density at radius 3 is 2.30 bits per heavy atom. The molecule has 0 aliphatic carbocycles. The highest BCUT2D eigenvalue weighted by Gasteiger charge is 2.39. The summed E-state index contributed by atoms with van der Waals surface area (Å²) >= 11 is 0. The van der Waals surface area contributed by atoms with Crippen LogP contribution in [0, 0.1) is 5.92 Å². The van der Waals surface area contributed by atoms with Crippen molar-refractivity contribution in [2.45, 2.75) is 26.1 Å². The maximum Gasteiger partial charge on any atom is 0.311 e. The molecule has 0 amide bonds. The third kappa shape index (κ3) is 1.01. The van der Waals surface area contributed by atoms with E-state index in [0.29, 0.717) is 0 Å². The van der Waals surface area contributed by atoms with Crippen LogP contribution in [0.2, 0.25) is 0 Å². The van der Waals surface area contributed by atoms with Crippen LogP contribution in [0.5, 0.6) is 0 Å². The second-order valence-electron chi connectivity index (χ2n) is 2.63. The van der Waals surface area contributed by atoms with E-state index in [2.05, 4.69) is 0 Å². The first kappa shape index (κ1) is 7.54. The van der Waals surface area contributed by atoms with Gasteiger partial charge in [-0.1, -0.05) is 0 Å². The van der Waals surface area contributed by atoms with Crippen LogP contribution in [0.1, 0.15) is 13.8 Å². The minimum atomic E-state index is -0.153. The van der Waals surface area contributed by atoms with Crippen LogP contribution in [-0.4, -0.2) is 25.3 Å². The van der Waals surface area contributed by atoms with E-state index in [-0.39, 0.29) is 24.1 Å². The summed E-state index contributed by atoms with van der Waals surface area (Å²) in [6, 6.07) is 0. The second-order valence-corrected chi connectivity index (χ2v) is 2.63. The van der Waals surface area contributed by atoms with Crippen molar-refractivity contribution in [1.82, 2.24) is 0 Å². The van der Waals surface area contributed by atoms with Crippen LogP contribution >= 0.6 is 0 Å². The van der Waals surface area contributed by atoms with Crippen LogP contribution in [0.3, 0.4) is 0 Å². The first-order valence-electron chi connectivity index (χ1n) is 3.40. The molecule has 0 saturated carbocycles. The topological polar surface area (TPSA) is 35.5 Å². The molecular formula is C7H12O3. The lowest BCUT2D eigenvalue weighted by molar-refractivity contribution is -0.143. The number of rotatable bonds is 1. The summed E-state index contributed by atoms with van der Waals surface area (Å²) in [5, 5.41) is 0. The number of carbonyl (C=O) groups excluding carboxylic acids is 1. The van der Waals surface area contributed by atoms with E-state index in [1.54, 1.807) is 7.11 Å². The number of carbonyl (C=O) groups is 1. The molecule has 0 unspecified atom stereocenters. The van der Waals surface area contributed by atoms with Gasteiger partial charge in [-0.25, -0.2) is 0 Å². The van der Waals surface area contributed by atoms with Crippen LogP contribution in [-0.2, 0) is 14.3 Å². The molecule has 10 heavy (non-hydrogen) atoms. The normalized spacial score (nSPS) is 39.9. The van der Waals surface area contributed by atoms with E-state index in [9.17, 15) is 4.79 Å². The summed E-state index contributed by atoms with van der Waals surface area (Å²) in [6.07, 6.45) is -0.153. The predicted molar refractivity (Wildman–Crippen MR) is 35.5 cm³/mol. The van der Waals surface area contributed by atoms with Gasteiger partial charge < -0.3 is 9.47 Å². The van der Waals surface area contributed by atoms with E-state index in [1.165, 1.54) is 0 Å². The maximum absolute atomic E-state index is 10.9. The molecule has 0 N–H and O–H groups in total. The molecule has 1 aliphatic rings. The van der Waals surface area contributed by atoms with Crippen LogP contribution in [0.15, 0.2) is 0 Å². The minimum absolute atomic E-state index is 0.0625. The number of methoxy groups -OCH3 is 1. The molecule has 1 aliphatic heterocycles. The molecule has 0 aromatic rings. The Morgan fingerprint density at radius 1 is 1.50 bits per heavy atom. The monoisotopic (exact) mass is 144 g/mol. The second kappa shape index (κ2) is 2.58. The van der Waals surface area contributed by atoms with Gasteiger partial charge in [0, 0.05) is 7.11 Å². The largest absolute Gasteiger partial charge is 0.460 e. The Hall–Kier alpha value is -0.570. The third-order valence-corrected chi connectivity index (χ3v) is 1.90. The summed E-state index contributed by atoms with van der Waals surface area (Å²) in [6.45, 7) is 3.66. The molecule has 1 fully saturated rings. The first-order chi connectivity index (χ1) is 4.66. The Morgan fingerprint density at radius 2 is 2.10 bits per heavy atom. The maximum atomic E-state index is 10.9. The zero-order chi connectivity index (χ0) is 7.72. The van der Waals surface area contributed by atoms with Crippen LogP contribution in [0.25, 0.3) is 0 Å². The first-order valence-corrected chi connectivity index (χ1v) is 3.40. The van der Waals surface area contributed by atoms with E-state index in [4.69, 9.17) is 9.47 Å². The number of esters is 1. The molecule has 1 heterocycles. The summed E-state index contributed by atoms with van der Waals surface area (Å²) in [4.78, 5) is 10.9. The van der Waals surface area contributed by atoms with Crippen LogP contribution in [0.4, 0.5) is 0 Å². The highest BCUT2D eigenvalue weighted by Crippen LogP contribution is 2.22. The number of hydrogen-bond donors (Lipinski definition) is 0. The summed E-state index contributed by atoms with van der Waals surface area (Å²) in [5.41, 5.74) is 0. The highest BCUT2D eigenvalue weighted by molar-refractivity contribution is 5.75. The van der Waals surface area contributed by atoms with Crippen molar-refractivity contribution >= 4 is 5.97 Å². The molecule has 0 bridgehead atoms. The molecule has 1 rings (SSSR count). The van der Waals surface area contributed by atoms with Gasteiger partial charge in [0.15, 0.2) is 0 Å². The molecule has 0 radical (unpaired) electrons. The zero-order valence-electron chi connectivity index (χ0n) is 6.46. The van der Waals surface area contributed by atoms with Crippen molar-refractivity contribution in [3.63, 3.8) is 0 Å². The molecular weight excluding hydrogens is 132 g/mol. The Kier molecular flexibility index (Phi) is 1.94. The van der Waals surface area contributed by atoms with Crippen molar-refractivity contribution in [3.05, 3.63) is 0 Å². The minimum Gasteiger partial charge on any atom is -0.460 e. The Labute approximate surface area is 60.3 Å². The standard InChI is InChI=1S/C7H12O3/c1-4-6(9-3)5(2)10-7(4)8/h4-6H,1-3H3/t4-,5+,6-/m0/s1. The summed E-state index contributed by atoms with van der Waals surface area (Å²) in [7, 11) is 1.60. The number of hydrogen-bond acceptors (Lipinski definition) is 3. The fourth-order valence-corrected chi connectivity index (χ4v) is 1.29. The molecule has 3 heteroatoms. The lowest BCUT2D eigenvalue weighted by Gasteiger charge is -2.12. The smallest absolute Gasteiger partial charge is 0.311 e. The van der Waals surface area contributed by atoms with Crippen molar-refractivity contribution < 1.29 is 14.3 Å². The molecule has 0 aromatic carbocycles. The predicted octanol–water partition coefficient (Wildman–Crippen LogP) is 0.583. The molecule has 3 nitrogen and oxygen atoms in total. The highest BCUT2D eigenvalue weighted by atomic mass is 16.6. The average Bonchev–Trinajstić information content (AvgIpc) is 2.09. The van der Waals surface area contributed by atoms with E-state index in [0.717, 1.165) is 0 Å². The zero-order valence-corrected chi connectivity index (χ0v) is 6.46. The number of cyclic esters (lactones) is 1. The van der Waals surface area contributed by atoms with Crippen LogP contribution < -0.4 is 0 Å². The quantitative estimate of drug-likeness (QED) is 0.505. The summed E-state index contributed by atoms with van der Waals surface area (Å²) < 4.78 is 9.97. The van der Waals surface area contributed by atoms with Gasteiger partial charge in [0.25, 0.3) is 0 Å². The SMILES string of the molecule is CO[C@H]1[C@H](C)C(=O)O[C@@H]1C. The lowest BCUT2D eigenvalue weighted by Crippen LogP contribution is -2.25. The molecule has 58 valence electrons. The van der Waals surface area contributed by atoms with Gasteiger partial charge in [0.1, 0.15) is 12.2 Å². The molecule has 0 aromatic heterocycles. The third-order valence-electron chi connectivity index (χ3n) is 1.90. The van der Waals surface area contributed by atoms with Gasteiger partial charge >= 0.3 is 5.97 Å². The van der Waals surface area contributed by atoms with Gasteiger partial charge in [-0.15, -0.1) is 0 Å². The molecule has 0 spiro atoms. The van der Waals surface area contributed by atoms with Gasteiger partial charge in [-0.2, -0.15) is 0 Å². The molecule has 1 saturated heterocycles.